The Bertz CT molecular complexity index is 712. The summed E-state index contributed by atoms with van der Waals surface area (Å²) in [7, 11) is -4.10. The van der Waals surface area contributed by atoms with Crippen molar-refractivity contribution >= 4 is 21.6 Å². The number of nitrogens with one attached hydrogen (secondary N) is 1. The molecule has 1 aromatic carbocycles. The first-order valence-corrected chi connectivity index (χ1v) is 8.00. The van der Waals surface area contributed by atoms with Gasteiger partial charge in [0.15, 0.2) is 0 Å². The molecule has 0 bridgehead atoms. The number of carbonyl (C=O) groups is 1. The molecule has 1 heterocycles. The van der Waals surface area contributed by atoms with Crippen molar-refractivity contribution in [1.82, 2.24) is 4.90 Å². The van der Waals surface area contributed by atoms with Crippen LogP contribution in [0.4, 0.5) is 18.9 Å². The fourth-order valence-corrected chi connectivity index (χ4v) is 2.75. The molecular formula is C13H15F3N2O4S. The Balaban J connectivity index is 2.24. The van der Waals surface area contributed by atoms with Crippen LogP contribution in [0.1, 0.15) is 17.3 Å². The highest BCUT2D eigenvalue weighted by Gasteiger charge is 2.47. The maximum absolute atomic E-state index is 12.5. The lowest BCUT2D eigenvalue weighted by Gasteiger charge is -2.46. The van der Waals surface area contributed by atoms with Gasteiger partial charge in [0.25, 0.3) is 5.91 Å². The topological polar surface area (TPSA) is 75.7 Å². The molecule has 0 radical (unpaired) electrons. The van der Waals surface area contributed by atoms with Gasteiger partial charge in [0.2, 0.25) is 0 Å². The van der Waals surface area contributed by atoms with Gasteiger partial charge in [-0.15, -0.1) is 0 Å². The molecule has 0 spiro atoms. The molecule has 1 saturated heterocycles. The van der Waals surface area contributed by atoms with Crippen LogP contribution in [-0.4, -0.2) is 50.5 Å². The molecule has 1 aliphatic heterocycles. The Morgan fingerprint density at radius 3 is 2.39 bits per heavy atom. The van der Waals surface area contributed by atoms with Crippen molar-refractivity contribution in [2.45, 2.75) is 18.0 Å². The standard InChI is InChI=1S/C13H15F3N2O4S/c1-12(22-2)7-18(8-12)11(19)9-5-3-4-6-10(9)17-23(20,21)13(14,15)16/h3-6,17H,7-8H2,1-2H3. The minimum absolute atomic E-state index is 0.154. The molecule has 0 atom stereocenters. The first-order valence-electron chi connectivity index (χ1n) is 6.52. The van der Waals surface area contributed by atoms with Gasteiger partial charge in [0.1, 0.15) is 5.60 Å². The Kier molecular flexibility index (Phi) is 4.33. The summed E-state index contributed by atoms with van der Waals surface area (Å²) in [6, 6.07) is 5.14. The van der Waals surface area contributed by atoms with Gasteiger partial charge < -0.3 is 9.64 Å². The molecule has 2 rings (SSSR count). The Hall–Kier alpha value is -1.81. The van der Waals surface area contributed by atoms with E-state index in [1.54, 1.807) is 6.92 Å². The van der Waals surface area contributed by atoms with Crippen LogP contribution in [0.5, 0.6) is 0 Å². The van der Waals surface area contributed by atoms with Gasteiger partial charge in [-0.1, -0.05) is 12.1 Å². The summed E-state index contributed by atoms with van der Waals surface area (Å²) in [5.74, 6) is -0.569. The molecule has 1 N–H and O–H groups in total. The van der Waals surface area contributed by atoms with Gasteiger partial charge in [0.05, 0.1) is 24.3 Å². The average molecular weight is 352 g/mol. The third-order valence-electron chi connectivity index (χ3n) is 3.54. The van der Waals surface area contributed by atoms with E-state index in [1.165, 1.54) is 34.9 Å². The number of sulfonamides is 1. The summed E-state index contributed by atoms with van der Waals surface area (Å²) in [6.45, 7) is 2.32. The van der Waals surface area contributed by atoms with Crippen molar-refractivity contribution < 1.29 is 31.1 Å². The number of methoxy groups -OCH3 is 1. The third kappa shape index (κ3) is 3.42. The van der Waals surface area contributed by atoms with Crippen molar-refractivity contribution in [3.8, 4) is 0 Å². The minimum Gasteiger partial charge on any atom is -0.375 e. The number of amides is 1. The molecule has 0 aliphatic carbocycles. The second kappa shape index (κ2) is 5.68. The van der Waals surface area contributed by atoms with Crippen LogP contribution >= 0.6 is 0 Å². The first-order chi connectivity index (χ1) is 10.5. The van der Waals surface area contributed by atoms with Gasteiger partial charge in [-0.05, 0) is 19.1 Å². The summed E-state index contributed by atoms with van der Waals surface area (Å²) < 4.78 is 66.5. The number of likely N-dealkylation sites (tertiary alicyclic amines) is 1. The van der Waals surface area contributed by atoms with Crippen molar-refractivity contribution in [1.29, 1.82) is 0 Å². The second-order valence-corrected chi connectivity index (χ2v) is 7.09. The first kappa shape index (κ1) is 17.5. The monoisotopic (exact) mass is 352 g/mol. The number of hydrogen-bond donors (Lipinski definition) is 1. The lowest BCUT2D eigenvalue weighted by molar-refractivity contribution is -0.0947. The molecule has 0 saturated carbocycles. The van der Waals surface area contributed by atoms with E-state index in [1.807, 2.05) is 0 Å². The number of alkyl halides is 3. The number of benzene rings is 1. The van der Waals surface area contributed by atoms with Crippen LogP contribution in [0.15, 0.2) is 24.3 Å². The van der Waals surface area contributed by atoms with E-state index in [4.69, 9.17) is 4.74 Å². The number of ether oxygens (including phenoxy) is 1. The van der Waals surface area contributed by atoms with E-state index in [9.17, 15) is 26.4 Å². The van der Waals surface area contributed by atoms with Crippen LogP contribution in [0.25, 0.3) is 0 Å². The number of carbonyl (C=O) groups excluding carboxylic acids is 1. The van der Waals surface area contributed by atoms with Gasteiger partial charge in [-0.3, -0.25) is 9.52 Å². The molecule has 1 aliphatic rings. The zero-order valence-corrected chi connectivity index (χ0v) is 13.2. The molecule has 128 valence electrons. The van der Waals surface area contributed by atoms with Crippen molar-refractivity contribution in [2.24, 2.45) is 0 Å². The van der Waals surface area contributed by atoms with E-state index < -0.39 is 32.7 Å². The zero-order chi connectivity index (χ0) is 17.5. The maximum Gasteiger partial charge on any atom is 0.516 e. The molecule has 1 aromatic rings. The smallest absolute Gasteiger partial charge is 0.375 e. The highest BCUT2D eigenvalue weighted by molar-refractivity contribution is 7.93. The minimum atomic E-state index is -5.59. The number of hydrogen-bond acceptors (Lipinski definition) is 4. The van der Waals surface area contributed by atoms with Crippen molar-refractivity contribution in [2.75, 3.05) is 24.9 Å². The number of nitrogens with zero attached hydrogens (tertiary/aromatic N) is 1. The Labute approximate surface area is 131 Å². The SMILES string of the molecule is COC1(C)CN(C(=O)c2ccccc2NS(=O)(=O)C(F)(F)F)C1. The van der Waals surface area contributed by atoms with Gasteiger partial charge in [-0.25, -0.2) is 0 Å². The molecule has 1 amide bonds. The molecule has 0 aromatic heterocycles. The number of anilines is 1. The van der Waals surface area contributed by atoms with Crippen molar-refractivity contribution in [3.05, 3.63) is 29.8 Å². The zero-order valence-electron chi connectivity index (χ0n) is 12.3. The van der Waals surface area contributed by atoms with E-state index in [-0.39, 0.29) is 18.7 Å². The normalized spacial score (nSPS) is 17.5. The van der Waals surface area contributed by atoms with Crippen LogP contribution in [0, 0.1) is 0 Å². The van der Waals surface area contributed by atoms with Crippen LogP contribution in [0.3, 0.4) is 0 Å². The summed E-state index contributed by atoms with van der Waals surface area (Å²) in [5, 5.41) is 0. The van der Waals surface area contributed by atoms with E-state index >= 15 is 0 Å². The van der Waals surface area contributed by atoms with E-state index in [0.29, 0.717) is 0 Å². The number of rotatable bonds is 4. The molecule has 23 heavy (non-hydrogen) atoms. The van der Waals surface area contributed by atoms with Gasteiger partial charge >= 0.3 is 15.5 Å². The Morgan fingerprint density at radius 2 is 1.87 bits per heavy atom. The summed E-state index contributed by atoms with van der Waals surface area (Å²) >= 11 is 0. The largest absolute Gasteiger partial charge is 0.516 e. The highest BCUT2D eigenvalue weighted by Crippen LogP contribution is 2.30. The molecular weight excluding hydrogens is 337 g/mol. The number of halogens is 3. The number of para-hydroxylation sites is 1. The summed E-state index contributed by atoms with van der Waals surface area (Å²) in [4.78, 5) is 13.7. The lowest BCUT2D eigenvalue weighted by atomic mass is 9.95. The predicted octanol–water partition coefficient (Wildman–Crippen LogP) is 1.81. The fourth-order valence-electron chi connectivity index (χ4n) is 2.17. The van der Waals surface area contributed by atoms with E-state index in [2.05, 4.69) is 0 Å². The van der Waals surface area contributed by atoms with Gasteiger partial charge in [0, 0.05) is 7.11 Å². The summed E-state index contributed by atoms with van der Waals surface area (Å²) in [6.07, 6.45) is 0. The quantitative estimate of drug-likeness (QED) is 0.897. The Morgan fingerprint density at radius 1 is 1.30 bits per heavy atom. The van der Waals surface area contributed by atoms with E-state index in [0.717, 1.165) is 6.07 Å². The molecule has 6 nitrogen and oxygen atoms in total. The van der Waals surface area contributed by atoms with Crippen LogP contribution < -0.4 is 4.72 Å². The second-order valence-electron chi connectivity index (χ2n) is 5.41. The van der Waals surface area contributed by atoms with Crippen LogP contribution in [0.2, 0.25) is 0 Å². The third-order valence-corrected chi connectivity index (χ3v) is 4.64. The summed E-state index contributed by atoms with van der Waals surface area (Å²) in [5.41, 5.74) is -6.54. The fraction of sp³-hybridized carbons (Fsp3) is 0.462. The predicted molar refractivity (Wildman–Crippen MR) is 76.4 cm³/mol. The maximum atomic E-state index is 12.5. The average Bonchev–Trinajstić information content (AvgIpc) is 2.42. The molecule has 10 heteroatoms. The molecule has 0 unspecified atom stereocenters. The van der Waals surface area contributed by atoms with Crippen LogP contribution in [-0.2, 0) is 14.8 Å². The van der Waals surface area contributed by atoms with Crippen molar-refractivity contribution in [3.63, 3.8) is 0 Å². The molecule has 1 fully saturated rings. The van der Waals surface area contributed by atoms with Gasteiger partial charge in [-0.2, -0.15) is 21.6 Å². The highest BCUT2D eigenvalue weighted by atomic mass is 32.2. The lowest BCUT2D eigenvalue weighted by Crippen LogP contribution is -2.62.